The van der Waals surface area contributed by atoms with E-state index < -0.39 is 35.3 Å². The molecule has 2 saturated heterocycles. The minimum absolute atomic E-state index is 0.366. The average molecular weight is 404 g/mol. The van der Waals surface area contributed by atoms with Gasteiger partial charge in [0.05, 0.1) is 17.5 Å². The van der Waals surface area contributed by atoms with E-state index in [1.165, 1.54) is 6.92 Å². The number of carbonyl (C=O) groups excluding carboxylic acids is 2. The van der Waals surface area contributed by atoms with Gasteiger partial charge in [0.1, 0.15) is 5.54 Å². The number of nitrogens with one attached hydrogen (secondary N) is 1. The fraction of sp³-hybridized carbons (Fsp3) is 0.292. The predicted molar refractivity (Wildman–Crippen MR) is 114 cm³/mol. The van der Waals surface area contributed by atoms with E-state index >= 15 is 0 Å². The zero-order valence-corrected chi connectivity index (χ0v) is 16.9. The molecule has 4 rings (SSSR count). The molecule has 2 aromatic rings. The Balaban J connectivity index is 1.71. The van der Waals surface area contributed by atoms with Crippen molar-refractivity contribution < 1.29 is 19.5 Å². The molecule has 0 aromatic heterocycles. The van der Waals surface area contributed by atoms with Crippen molar-refractivity contribution in [2.75, 3.05) is 4.90 Å². The molecule has 2 aromatic carbocycles. The summed E-state index contributed by atoms with van der Waals surface area (Å²) in [6, 6.07) is 16.2. The highest BCUT2D eigenvalue weighted by Crippen LogP contribution is 2.44. The first-order valence-electron chi connectivity index (χ1n) is 10.1. The predicted octanol–water partition coefficient (Wildman–Crippen LogP) is 2.88. The molecule has 2 aliphatic heterocycles. The molecule has 0 aliphatic carbocycles. The number of carboxylic acid groups (broad SMARTS) is 1. The number of benzene rings is 2. The van der Waals surface area contributed by atoms with Crippen LogP contribution in [0.1, 0.15) is 25.0 Å². The lowest BCUT2D eigenvalue weighted by molar-refractivity contribution is -0.147. The Morgan fingerprint density at radius 1 is 1.10 bits per heavy atom. The van der Waals surface area contributed by atoms with Gasteiger partial charge < -0.3 is 5.11 Å². The van der Waals surface area contributed by atoms with E-state index in [1.807, 2.05) is 55.5 Å². The summed E-state index contributed by atoms with van der Waals surface area (Å²) in [7, 11) is 0. The van der Waals surface area contributed by atoms with Crippen molar-refractivity contribution in [2.24, 2.45) is 11.8 Å². The molecule has 2 N–H and O–H groups in total. The topological polar surface area (TPSA) is 86.7 Å². The molecule has 2 heterocycles. The van der Waals surface area contributed by atoms with Crippen molar-refractivity contribution in [3.05, 3.63) is 71.8 Å². The normalized spacial score (nSPS) is 28.3. The Kier molecular flexibility index (Phi) is 5.03. The number of aryl methyl sites for hydroxylation is 1. The molecule has 30 heavy (non-hydrogen) atoms. The van der Waals surface area contributed by atoms with Gasteiger partial charge in [-0.05, 0) is 36.6 Å². The lowest BCUT2D eigenvalue weighted by Gasteiger charge is -2.26. The van der Waals surface area contributed by atoms with Gasteiger partial charge in [0.2, 0.25) is 11.8 Å². The van der Waals surface area contributed by atoms with Gasteiger partial charge >= 0.3 is 5.97 Å². The fourth-order valence-electron chi connectivity index (χ4n) is 4.46. The van der Waals surface area contributed by atoms with Gasteiger partial charge in [0.15, 0.2) is 0 Å². The van der Waals surface area contributed by atoms with E-state index in [0.717, 1.165) is 22.4 Å². The highest BCUT2D eigenvalue weighted by molar-refractivity contribution is 6.24. The van der Waals surface area contributed by atoms with Gasteiger partial charge in [-0.3, -0.25) is 19.7 Å². The van der Waals surface area contributed by atoms with E-state index in [-0.39, 0.29) is 5.91 Å². The third-order valence-corrected chi connectivity index (χ3v) is 6.17. The number of rotatable bonds is 5. The molecule has 0 bridgehead atoms. The third-order valence-electron chi connectivity index (χ3n) is 6.17. The zero-order valence-electron chi connectivity index (χ0n) is 16.9. The van der Waals surface area contributed by atoms with Crippen molar-refractivity contribution >= 4 is 29.5 Å². The van der Waals surface area contributed by atoms with Crippen LogP contribution in [0.4, 0.5) is 5.69 Å². The minimum Gasteiger partial charge on any atom is -0.480 e. The van der Waals surface area contributed by atoms with Crippen LogP contribution < -0.4 is 10.2 Å². The summed E-state index contributed by atoms with van der Waals surface area (Å²) in [5.74, 6) is -3.72. The SMILES string of the molecule is CCc1ccc(N2C(=O)C3C(C=Cc4ccccc4)NC(C)(C(=O)O)C3C2=O)cc1. The molecule has 2 fully saturated rings. The second-order valence-electron chi connectivity index (χ2n) is 7.98. The van der Waals surface area contributed by atoms with Crippen molar-refractivity contribution in [1.29, 1.82) is 0 Å². The van der Waals surface area contributed by atoms with E-state index in [2.05, 4.69) is 5.32 Å². The Labute approximate surface area is 175 Å². The number of fused-ring (bicyclic) bond motifs is 1. The first kappa shape index (κ1) is 20.0. The zero-order chi connectivity index (χ0) is 21.5. The third kappa shape index (κ3) is 3.13. The van der Waals surface area contributed by atoms with E-state index in [9.17, 15) is 19.5 Å². The fourth-order valence-corrected chi connectivity index (χ4v) is 4.46. The second-order valence-corrected chi connectivity index (χ2v) is 7.98. The number of carbonyl (C=O) groups is 3. The Hall–Kier alpha value is -3.25. The molecular weight excluding hydrogens is 380 g/mol. The average Bonchev–Trinajstić information content (AvgIpc) is 3.21. The number of anilines is 1. The van der Waals surface area contributed by atoms with Crippen molar-refractivity contribution in [2.45, 2.75) is 31.8 Å². The number of nitrogens with zero attached hydrogens (tertiary/aromatic N) is 1. The number of carboxylic acids is 1. The quantitative estimate of drug-likeness (QED) is 0.749. The summed E-state index contributed by atoms with van der Waals surface area (Å²) in [6.45, 7) is 3.51. The van der Waals surface area contributed by atoms with Gasteiger partial charge in [-0.25, -0.2) is 4.90 Å². The number of hydrogen-bond donors (Lipinski definition) is 2. The molecule has 0 radical (unpaired) electrons. The van der Waals surface area contributed by atoms with Crippen molar-refractivity contribution in [1.82, 2.24) is 5.32 Å². The second kappa shape index (κ2) is 7.54. The summed E-state index contributed by atoms with van der Waals surface area (Å²) >= 11 is 0. The van der Waals surface area contributed by atoms with Gasteiger partial charge in [0, 0.05) is 6.04 Å². The Morgan fingerprint density at radius 3 is 2.37 bits per heavy atom. The molecule has 154 valence electrons. The lowest BCUT2D eigenvalue weighted by atomic mass is 9.81. The van der Waals surface area contributed by atoms with Crippen LogP contribution in [0, 0.1) is 11.8 Å². The summed E-state index contributed by atoms with van der Waals surface area (Å²) in [5.41, 5.74) is 0.985. The van der Waals surface area contributed by atoms with Gasteiger partial charge in [-0.15, -0.1) is 0 Å². The molecule has 2 aliphatic rings. The molecule has 4 unspecified atom stereocenters. The molecule has 6 nitrogen and oxygen atoms in total. The van der Waals surface area contributed by atoms with Gasteiger partial charge in [-0.2, -0.15) is 0 Å². The van der Waals surface area contributed by atoms with E-state index in [0.29, 0.717) is 5.69 Å². The molecule has 0 spiro atoms. The summed E-state index contributed by atoms with van der Waals surface area (Å²) in [6.07, 6.45) is 4.48. The van der Waals surface area contributed by atoms with Crippen LogP contribution in [-0.4, -0.2) is 34.5 Å². The minimum atomic E-state index is -1.53. The first-order valence-corrected chi connectivity index (χ1v) is 10.1. The molecule has 4 atom stereocenters. The van der Waals surface area contributed by atoms with Crippen LogP contribution in [0.3, 0.4) is 0 Å². The summed E-state index contributed by atoms with van der Waals surface area (Å²) in [5, 5.41) is 12.9. The van der Waals surface area contributed by atoms with E-state index in [4.69, 9.17) is 0 Å². The molecule has 0 saturated carbocycles. The smallest absolute Gasteiger partial charge is 0.324 e. The van der Waals surface area contributed by atoms with Crippen LogP contribution >= 0.6 is 0 Å². The Bertz CT molecular complexity index is 1020. The number of hydrogen-bond acceptors (Lipinski definition) is 4. The lowest BCUT2D eigenvalue weighted by Crippen LogP contribution is -2.54. The number of aliphatic carboxylic acids is 1. The van der Waals surface area contributed by atoms with Crippen LogP contribution in [0.15, 0.2) is 60.7 Å². The molecule has 6 heteroatoms. The monoisotopic (exact) mass is 404 g/mol. The standard InChI is InChI=1S/C24H24N2O4/c1-3-15-9-12-17(13-10-15)26-21(27)19-18(14-11-16-7-5-4-6-8-16)25-24(2,23(29)30)20(19)22(26)28/h4-14,18-20,25H,3H2,1-2H3,(H,29,30). The number of amides is 2. The highest BCUT2D eigenvalue weighted by Gasteiger charge is 2.66. The van der Waals surface area contributed by atoms with Crippen LogP contribution in [0.5, 0.6) is 0 Å². The maximum absolute atomic E-state index is 13.3. The Morgan fingerprint density at radius 2 is 1.77 bits per heavy atom. The highest BCUT2D eigenvalue weighted by atomic mass is 16.4. The summed E-state index contributed by atoms with van der Waals surface area (Å²) in [4.78, 5) is 39.8. The van der Waals surface area contributed by atoms with Crippen LogP contribution in [0.25, 0.3) is 6.08 Å². The van der Waals surface area contributed by atoms with Gasteiger partial charge in [-0.1, -0.05) is 61.5 Å². The maximum Gasteiger partial charge on any atom is 0.324 e. The molecule has 2 amide bonds. The van der Waals surface area contributed by atoms with Crippen LogP contribution in [0.2, 0.25) is 0 Å². The molecular formula is C24H24N2O4. The largest absolute Gasteiger partial charge is 0.480 e. The van der Waals surface area contributed by atoms with Crippen molar-refractivity contribution in [3.8, 4) is 0 Å². The summed E-state index contributed by atoms with van der Waals surface area (Å²) < 4.78 is 0. The van der Waals surface area contributed by atoms with Crippen molar-refractivity contribution in [3.63, 3.8) is 0 Å². The van der Waals surface area contributed by atoms with Crippen LogP contribution in [-0.2, 0) is 20.8 Å². The van der Waals surface area contributed by atoms with E-state index in [1.54, 1.807) is 18.2 Å². The number of imide groups is 1. The first-order chi connectivity index (χ1) is 14.4. The van der Waals surface area contributed by atoms with Gasteiger partial charge in [0.25, 0.3) is 0 Å². The maximum atomic E-state index is 13.3.